The Morgan fingerprint density at radius 1 is 1.10 bits per heavy atom. The zero-order valence-electron chi connectivity index (χ0n) is 12.3. The van der Waals surface area contributed by atoms with E-state index in [-0.39, 0.29) is 5.91 Å². The zero-order valence-corrected chi connectivity index (χ0v) is 12.3. The van der Waals surface area contributed by atoms with Crippen LogP contribution in [0.4, 0.5) is 11.4 Å². The smallest absolute Gasteiger partial charge is 0.261 e. The molecule has 0 aliphatic heterocycles. The number of ether oxygens (including phenoxy) is 2. The van der Waals surface area contributed by atoms with E-state index in [1.165, 1.54) is 7.11 Å². The first-order valence-corrected chi connectivity index (χ1v) is 6.45. The molecule has 0 saturated heterocycles. The average molecular weight is 286 g/mol. The molecule has 21 heavy (non-hydrogen) atoms. The number of benzene rings is 2. The molecule has 2 aromatic carbocycles. The van der Waals surface area contributed by atoms with Crippen LogP contribution in [-0.2, 0) is 0 Å². The molecule has 2 rings (SSSR count). The molecule has 1 amide bonds. The Kier molecular flexibility index (Phi) is 4.33. The number of nitrogens with two attached hydrogens (primary N) is 1. The van der Waals surface area contributed by atoms with E-state index in [0.717, 1.165) is 11.3 Å². The van der Waals surface area contributed by atoms with Crippen molar-refractivity contribution in [3.8, 4) is 11.5 Å². The first-order chi connectivity index (χ1) is 10.1. The van der Waals surface area contributed by atoms with Gasteiger partial charge >= 0.3 is 0 Å². The Labute approximate surface area is 123 Å². The van der Waals surface area contributed by atoms with Crippen LogP contribution in [0.2, 0.25) is 0 Å². The first kappa shape index (κ1) is 14.7. The fraction of sp³-hybridized carbons (Fsp3) is 0.188. The lowest BCUT2D eigenvalue weighted by Gasteiger charge is -2.12. The summed E-state index contributed by atoms with van der Waals surface area (Å²) in [5, 5.41) is 2.81. The second-order valence-corrected chi connectivity index (χ2v) is 4.56. The van der Waals surface area contributed by atoms with Crippen molar-refractivity contribution in [2.24, 2.45) is 0 Å². The molecule has 0 atom stereocenters. The quantitative estimate of drug-likeness (QED) is 0.848. The molecule has 0 aliphatic carbocycles. The third-order valence-electron chi connectivity index (χ3n) is 3.16. The fourth-order valence-corrected chi connectivity index (χ4v) is 2.11. The molecule has 110 valence electrons. The normalized spacial score (nSPS) is 10.0. The van der Waals surface area contributed by atoms with Crippen molar-refractivity contribution >= 4 is 17.3 Å². The minimum absolute atomic E-state index is 0.311. The summed E-state index contributed by atoms with van der Waals surface area (Å²) in [6.45, 7) is 1.91. The van der Waals surface area contributed by atoms with E-state index in [4.69, 9.17) is 15.2 Å². The Morgan fingerprint density at radius 2 is 1.81 bits per heavy atom. The van der Waals surface area contributed by atoms with Crippen molar-refractivity contribution < 1.29 is 14.3 Å². The highest BCUT2D eigenvalue weighted by Gasteiger charge is 2.16. The van der Waals surface area contributed by atoms with Gasteiger partial charge in [-0.1, -0.05) is 6.07 Å². The van der Waals surface area contributed by atoms with Gasteiger partial charge in [0.05, 0.1) is 14.2 Å². The van der Waals surface area contributed by atoms with E-state index in [9.17, 15) is 4.79 Å². The van der Waals surface area contributed by atoms with Gasteiger partial charge in [0.1, 0.15) is 17.1 Å². The van der Waals surface area contributed by atoms with E-state index in [2.05, 4.69) is 5.32 Å². The molecule has 0 spiro atoms. The number of amides is 1. The number of anilines is 2. The molecule has 2 aromatic rings. The monoisotopic (exact) mass is 286 g/mol. The van der Waals surface area contributed by atoms with Gasteiger partial charge in [0, 0.05) is 11.4 Å². The molecule has 0 radical (unpaired) electrons. The number of nitrogen functional groups attached to an aromatic ring is 1. The summed E-state index contributed by atoms with van der Waals surface area (Å²) >= 11 is 0. The second-order valence-electron chi connectivity index (χ2n) is 4.56. The topological polar surface area (TPSA) is 73.6 Å². The number of aryl methyl sites for hydroxylation is 1. The summed E-state index contributed by atoms with van der Waals surface area (Å²) in [4.78, 5) is 12.4. The van der Waals surface area contributed by atoms with Crippen molar-refractivity contribution in [2.45, 2.75) is 6.92 Å². The van der Waals surface area contributed by atoms with E-state index in [0.29, 0.717) is 22.7 Å². The van der Waals surface area contributed by atoms with Crippen molar-refractivity contribution in [1.82, 2.24) is 0 Å². The van der Waals surface area contributed by atoms with Crippen molar-refractivity contribution in [3.05, 3.63) is 47.5 Å². The number of carbonyl (C=O) groups is 1. The predicted molar refractivity (Wildman–Crippen MR) is 83.1 cm³/mol. The Morgan fingerprint density at radius 3 is 2.43 bits per heavy atom. The summed E-state index contributed by atoms with van der Waals surface area (Å²) in [6, 6.07) is 10.5. The first-order valence-electron chi connectivity index (χ1n) is 6.45. The SMILES string of the molecule is COc1ccc(NC(=O)c2c(N)cccc2OC)cc1C. The molecule has 0 unspecified atom stereocenters. The Balaban J connectivity index is 2.28. The maximum Gasteiger partial charge on any atom is 0.261 e. The molecule has 3 N–H and O–H groups in total. The Hall–Kier alpha value is -2.69. The largest absolute Gasteiger partial charge is 0.496 e. The maximum atomic E-state index is 12.4. The molecule has 0 fully saturated rings. The average Bonchev–Trinajstić information content (AvgIpc) is 2.46. The highest BCUT2D eigenvalue weighted by atomic mass is 16.5. The summed E-state index contributed by atoms with van der Waals surface area (Å²) < 4.78 is 10.4. The van der Waals surface area contributed by atoms with Gasteiger partial charge in [-0.15, -0.1) is 0 Å². The molecule has 0 saturated carbocycles. The van der Waals surface area contributed by atoms with E-state index in [1.807, 2.05) is 13.0 Å². The number of hydrogen-bond donors (Lipinski definition) is 2. The molecular formula is C16H18N2O3. The lowest BCUT2D eigenvalue weighted by atomic mass is 10.1. The molecular weight excluding hydrogens is 268 g/mol. The molecule has 0 aliphatic rings. The number of carbonyl (C=O) groups excluding carboxylic acids is 1. The predicted octanol–water partition coefficient (Wildman–Crippen LogP) is 2.85. The molecule has 0 aromatic heterocycles. The maximum absolute atomic E-state index is 12.4. The Bertz CT molecular complexity index is 669. The minimum atomic E-state index is -0.311. The molecule has 5 nitrogen and oxygen atoms in total. The van der Waals surface area contributed by atoms with E-state index >= 15 is 0 Å². The molecule has 0 bridgehead atoms. The van der Waals surface area contributed by atoms with Gasteiger partial charge in [-0.3, -0.25) is 4.79 Å². The van der Waals surface area contributed by atoms with Gasteiger partial charge in [-0.05, 0) is 42.8 Å². The van der Waals surface area contributed by atoms with Gasteiger partial charge < -0.3 is 20.5 Å². The number of methoxy groups -OCH3 is 2. The highest BCUT2D eigenvalue weighted by Crippen LogP contribution is 2.26. The van der Waals surface area contributed by atoms with Crippen LogP contribution in [0.15, 0.2) is 36.4 Å². The number of hydrogen-bond acceptors (Lipinski definition) is 4. The fourth-order valence-electron chi connectivity index (χ4n) is 2.11. The summed E-state index contributed by atoms with van der Waals surface area (Å²) in [5.41, 5.74) is 8.17. The van der Waals surface area contributed by atoms with Crippen molar-refractivity contribution in [3.63, 3.8) is 0 Å². The lowest BCUT2D eigenvalue weighted by molar-refractivity contribution is 0.102. The highest BCUT2D eigenvalue weighted by molar-refractivity contribution is 6.09. The summed E-state index contributed by atoms with van der Waals surface area (Å²) in [6.07, 6.45) is 0. The molecule has 5 heteroatoms. The van der Waals surface area contributed by atoms with Crippen LogP contribution < -0.4 is 20.5 Å². The third kappa shape index (κ3) is 3.08. The third-order valence-corrected chi connectivity index (χ3v) is 3.16. The van der Waals surface area contributed by atoms with Gasteiger partial charge in [-0.2, -0.15) is 0 Å². The summed E-state index contributed by atoms with van der Waals surface area (Å²) in [5.74, 6) is 0.900. The van der Waals surface area contributed by atoms with Crippen LogP contribution in [0.1, 0.15) is 15.9 Å². The van der Waals surface area contributed by atoms with Crippen LogP contribution in [0.3, 0.4) is 0 Å². The number of rotatable bonds is 4. The van der Waals surface area contributed by atoms with Gasteiger partial charge in [0.25, 0.3) is 5.91 Å². The summed E-state index contributed by atoms with van der Waals surface area (Å²) in [7, 11) is 3.11. The van der Waals surface area contributed by atoms with Crippen LogP contribution >= 0.6 is 0 Å². The van der Waals surface area contributed by atoms with Gasteiger partial charge in [0.15, 0.2) is 0 Å². The molecule has 0 heterocycles. The van der Waals surface area contributed by atoms with Gasteiger partial charge in [0.2, 0.25) is 0 Å². The second kappa shape index (κ2) is 6.17. The minimum Gasteiger partial charge on any atom is -0.496 e. The zero-order chi connectivity index (χ0) is 15.4. The standard InChI is InChI=1S/C16H18N2O3/c1-10-9-11(7-8-13(10)20-2)18-16(19)15-12(17)5-4-6-14(15)21-3/h4-9H,17H2,1-3H3,(H,18,19). The van der Waals surface area contributed by atoms with E-state index < -0.39 is 0 Å². The van der Waals surface area contributed by atoms with Crippen molar-refractivity contribution in [2.75, 3.05) is 25.3 Å². The van der Waals surface area contributed by atoms with Crippen LogP contribution in [0, 0.1) is 6.92 Å². The van der Waals surface area contributed by atoms with Crippen LogP contribution in [0.5, 0.6) is 11.5 Å². The number of nitrogens with one attached hydrogen (secondary N) is 1. The van der Waals surface area contributed by atoms with E-state index in [1.54, 1.807) is 37.4 Å². The van der Waals surface area contributed by atoms with Gasteiger partial charge in [-0.25, -0.2) is 0 Å². The van der Waals surface area contributed by atoms with Crippen molar-refractivity contribution in [1.29, 1.82) is 0 Å². The van der Waals surface area contributed by atoms with Crippen LogP contribution in [-0.4, -0.2) is 20.1 Å². The van der Waals surface area contributed by atoms with Crippen LogP contribution in [0.25, 0.3) is 0 Å². The lowest BCUT2D eigenvalue weighted by Crippen LogP contribution is -2.15.